The number of hydrogen-bond donors (Lipinski definition) is 0. The molecule has 0 radical (unpaired) electrons. The number of allylic oxidation sites excluding steroid dienone is 3. The zero-order valence-electron chi connectivity index (χ0n) is 19.1. The second-order valence-corrected chi connectivity index (χ2v) is 23.4. The van der Waals surface area contributed by atoms with Crippen molar-refractivity contribution in [1.29, 1.82) is 0 Å². The van der Waals surface area contributed by atoms with E-state index in [0.717, 1.165) is 19.3 Å². The minimum absolute atomic E-state index is 0.0811. The summed E-state index contributed by atoms with van der Waals surface area (Å²) in [7, 11) is 0. The molecule has 2 heteroatoms. The fraction of sp³-hybridized carbons (Fsp3) is 0.808. The Kier molecular flexibility index (Phi) is 7.59. The van der Waals surface area contributed by atoms with E-state index in [-0.39, 0.29) is 10.8 Å². The standard InChI is InChI=1S/C14H17O.3C4H9.Sn/c1-10-8-14-6-4-3-5-13(14,2)12(15)7-11(10)9-14;3*1-3-4-2;/h1,4,6,11H,3,5,7-9H2,2H3;3*1,3-4H2,2H3;/t11-,13+,14+;;;;/m0..../s1. The first-order valence-electron chi connectivity index (χ1n) is 12.4. The number of ketones is 1. The van der Waals surface area contributed by atoms with Gasteiger partial charge < -0.3 is 0 Å². The van der Waals surface area contributed by atoms with Gasteiger partial charge in [-0.2, -0.15) is 0 Å². The van der Waals surface area contributed by atoms with Gasteiger partial charge in [-0.1, -0.05) is 0 Å². The molecule has 0 amide bonds. The molecule has 1 spiro atoms. The van der Waals surface area contributed by atoms with Crippen LogP contribution in [0.25, 0.3) is 0 Å². The van der Waals surface area contributed by atoms with Gasteiger partial charge in [0, 0.05) is 0 Å². The van der Waals surface area contributed by atoms with Crippen LogP contribution in [0.5, 0.6) is 0 Å². The zero-order valence-corrected chi connectivity index (χ0v) is 22.0. The van der Waals surface area contributed by atoms with Gasteiger partial charge in [0.05, 0.1) is 0 Å². The monoisotopic (exact) mass is 492 g/mol. The van der Waals surface area contributed by atoms with Crippen molar-refractivity contribution in [3.8, 4) is 0 Å². The van der Waals surface area contributed by atoms with Crippen molar-refractivity contribution in [3.63, 3.8) is 0 Å². The van der Waals surface area contributed by atoms with E-state index in [2.05, 4.69) is 43.9 Å². The number of carbonyl (C=O) groups is 1. The molecule has 0 N–H and O–H groups in total. The zero-order chi connectivity index (χ0) is 20.3. The summed E-state index contributed by atoms with van der Waals surface area (Å²) in [5.74, 6) is 1.15. The fourth-order valence-corrected chi connectivity index (χ4v) is 22.3. The van der Waals surface area contributed by atoms with E-state index in [9.17, 15) is 4.79 Å². The van der Waals surface area contributed by atoms with Crippen LogP contribution in [0, 0.1) is 16.7 Å². The molecule has 1 nitrogen and oxygen atoms in total. The average Bonchev–Trinajstić information content (AvgIpc) is 2.99. The molecule has 0 aliphatic heterocycles. The van der Waals surface area contributed by atoms with Crippen LogP contribution in [-0.4, -0.2) is 24.2 Å². The van der Waals surface area contributed by atoms with Gasteiger partial charge in [-0.05, 0) is 0 Å². The molecule has 2 fully saturated rings. The average molecular weight is 491 g/mol. The van der Waals surface area contributed by atoms with Crippen molar-refractivity contribution in [2.45, 2.75) is 112 Å². The van der Waals surface area contributed by atoms with E-state index in [1.165, 1.54) is 51.4 Å². The van der Waals surface area contributed by atoms with Crippen molar-refractivity contribution in [2.75, 3.05) is 0 Å². The molecule has 0 aromatic rings. The number of unbranched alkanes of at least 4 members (excludes halogenated alkanes) is 3. The van der Waals surface area contributed by atoms with Gasteiger partial charge >= 0.3 is 179 Å². The van der Waals surface area contributed by atoms with E-state index in [1.54, 1.807) is 18.9 Å². The van der Waals surface area contributed by atoms with Crippen molar-refractivity contribution in [1.82, 2.24) is 0 Å². The first-order valence-corrected chi connectivity index (χ1v) is 20.1. The third-order valence-electron chi connectivity index (χ3n) is 8.62. The maximum atomic E-state index is 13.2. The summed E-state index contributed by atoms with van der Waals surface area (Å²) in [5, 5.41) is 0. The number of fused-ring (bicyclic) bond motifs is 1. The van der Waals surface area contributed by atoms with Gasteiger partial charge in [0.1, 0.15) is 0 Å². The van der Waals surface area contributed by atoms with Crippen molar-refractivity contribution >= 4 is 24.2 Å². The normalized spacial score (nSPS) is 33.5. The van der Waals surface area contributed by atoms with Gasteiger partial charge in [0.15, 0.2) is 0 Å². The molecule has 158 valence electrons. The summed E-state index contributed by atoms with van der Waals surface area (Å²) in [6, 6.07) is 0. The van der Waals surface area contributed by atoms with Crippen LogP contribution in [-0.2, 0) is 4.79 Å². The Morgan fingerprint density at radius 1 is 1.07 bits per heavy atom. The van der Waals surface area contributed by atoms with Crippen LogP contribution in [0.15, 0.2) is 21.8 Å². The predicted octanol–water partition coefficient (Wildman–Crippen LogP) is 8.03. The van der Waals surface area contributed by atoms with Crippen LogP contribution in [0.1, 0.15) is 98.3 Å². The Bertz CT molecular complexity index is 596. The summed E-state index contributed by atoms with van der Waals surface area (Å²) < 4.78 is 7.62. The van der Waals surface area contributed by atoms with Crippen LogP contribution in [0.4, 0.5) is 0 Å². The molecule has 3 rings (SSSR count). The Labute approximate surface area is 178 Å². The number of hydrogen-bond acceptors (Lipinski definition) is 1. The Morgan fingerprint density at radius 3 is 2.25 bits per heavy atom. The molecule has 0 saturated heterocycles. The molecule has 2 saturated carbocycles. The van der Waals surface area contributed by atoms with Crippen molar-refractivity contribution in [2.24, 2.45) is 16.7 Å². The first kappa shape index (κ1) is 22.6. The number of rotatable bonds is 10. The molecular formula is C26H44OSn. The second-order valence-electron chi connectivity index (χ2n) is 10.5. The molecule has 28 heavy (non-hydrogen) atoms. The van der Waals surface area contributed by atoms with Crippen LogP contribution < -0.4 is 0 Å². The van der Waals surface area contributed by atoms with E-state index in [1.807, 2.05) is 0 Å². The summed E-state index contributed by atoms with van der Waals surface area (Å²) >= 11 is -2.29. The van der Waals surface area contributed by atoms with Gasteiger partial charge in [-0.25, -0.2) is 0 Å². The third kappa shape index (κ3) is 4.21. The van der Waals surface area contributed by atoms with E-state index in [4.69, 9.17) is 0 Å². The van der Waals surface area contributed by atoms with E-state index in [0.29, 0.717) is 11.7 Å². The number of carbonyl (C=O) groups excluding carboxylic acids is 1. The quantitative estimate of drug-likeness (QED) is 0.223. The molecule has 3 aliphatic carbocycles. The Balaban J connectivity index is 1.94. The molecule has 0 aromatic heterocycles. The molecule has 3 aliphatic rings. The molecule has 2 bridgehead atoms. The fourth-order valence-electron chi connectivity index (χ4n) is 6.62. The Morgan fingerprint density at radius 2 is 1.68 bits per heavy atom. The van der Waals surface area contributed by atoms with E-state index < -0.39 is 18.4 Å². The van der Waals surface area contributed by atoms with Gasteiger partial charge in [-0.15, -0.1) is 0 Å². The van der Waals surface area contributed by atoms with Crippen LogP contribution in [0.3, 0.4) is 0 Å². The van der Waals surface area contributed by atoms with Gasteiger partial charge in [0.2, 0.25) is 0 Å². The predicted molar refractivity (Wildman–Crippen MR) is 124 cm³/mol. The van der Waals surface area contributed by atoms with E-state index >= 15 is 0 Å². The van der Waals surface area contributed by atoms with Crippen molar-refractivity contribution < 1.29 is 4.79 Å². The van der Waals surface area contributed by atoms with Gasteiger partial charge in [0.25, 0.3) is 0 Å². The second kappa shape index (κ2) is 9.39. The van der Waals surface area contributed by atoms with Gasteiger partial charge in [-0.3, -0.25) is 0 Å². The summed E-state index contributed by atoms with van der Waals surface area (Å²) in [6.07, 6.45) is 18.7. The SMILES string of the molecule is CCC[CH2][Sn](/[CH]=C1\C[C@@]23C=CCC[C@]2(C)C(=O)C[C@H]1C3)([CH2]CCC)[CH2]CCC. The number of Topliss-reactive ketones (excluding diaryl/α,β-unsaturated/α-hetero) is 1. The first-order chi connectivity index (χ1) is 13.4. The maximum absolute atomic E-state index is 13.2. The topological polar surface area (TPSA) is 17.1 Å². The van der Waals surface area contributed by atoms with Crippen LogP contribution >= 0.6 is 0 Å². The molecule has 3 atom stereocenters. The summed E-state index contributed by atoms with van der Waals surface area (Å²) in [4.78, 5) is 13.2. The summed E-state index contributed by atoms with van der Waals surface area (Å²) in [5.41, 5.74) is 1.83. The third-order valence-corrected chi connectivity index (χ3v) is 23.0. The Hall–Kier alpha value is -0.0513. The molecular weight excluding hydrogens is 447 g/mol. The molecule has 0 aromatic carbocycles. The summed E-state index contributed by atoms with van der Waals surface area (Å²) in [6.45, 7) is 9.39. The van der Waals surface area contributed by atoms with Crippen molar-refractivity contribution in [3.05, 3.63) is 21.8 Å². The minimum atomic E-state index is -2.29. The molecule has 0 unspecified atom stereocenters. The van der Waals surface area contributed by atoms with Crippen LogP contribution in [0.2, 0.25) is 13.3 Å². The molecule has 0 heterocycles.